The van der Waals surface area contributed by atoms with Crippen LogP contribution < -0.4 is 5.73 Å². The largest absolute Gasteiger partial charge is 0.319 e. The summed E-state index contributed by atoms with van der Waals surface area (Å²) in [6, 6.07) is 14.5. The van der Waals surface area contributed by atoms with Crippen molar-refractivity contribution in [2.75, 3.05) is 0 Å². The molecule has 1 heterocycles. The van der Waals surface area contributed by atoms with Gasteiger partial charge < -0.3 is 5.73 Å². The SMILES string of the molecule is NC(c1ccc(Cl)cc1Cl)c1cnnn1-c1ccccc1. The molecule has 0 fully saturated rings. The van der Waals surface area contributed by atoms with Crippen molar-refractivity contribution >= 4 is 23.2 Å². The van der Waals surface area contributed by atoms with Gasteiger partial charge in [-0.1, -0.05) is 52.7 Å². The minimum atomic E-state index is -0.440. The molecule has 1 unspecified atom stereocenters. The molecular weight excluding hydrogens is 307 g/mol. The Hall–Kier alpha value is -1.88. The lowest BCUT2D eigenvalue weighted by molar-refractivity contribution is 0.720. The summed E-state index contributed by atoms with van der Waals surface area (Å²) in [5.41, 5.74) is 8.75. The van der Waals surface area contributed by atoms with E-state index < -0.39 is 6.04 Å². The second-order valence-corrected chi connectivity index (χ2v) is 5.39. The Morgan fingerprint density at radius 2 is 1.81 bits per heavy atom. The third kappa shape index (κ3) is 2.78. The van der Waals surface area contributed by atoms with Gasteiger partial charge in [0, 0.05) is 10.0 Å². The molecule has 2 aromatic carbocycles. The van der Waals surface area contributed by atoms with Gasteiger partial charge in [0.05, 0.1) is 23.6 Å². The van der Waals surface area contributed by atoms with Crippen molar-refractivity contribution in [3.05, 3.63) is 76.0 Å². The Balaban J connectivity index is 2.03. The fourth-order valence-corrected chi connectivity index (χ4v) is 2.66. The second kappa shape index (κ2) is 5.85. The first kappa shape index (κ1) is 14.1. The predicted molar refractivity (Wildman–Crippen MR) is 83.9 cm³/mol. The highest BCUT2D eigenvalue weighted by atomic mass is 35.5. The minimum absolute atomic E-state index is 0.440. The molecule has 6 heteroatoms. The molecule has 1 atom stereocenters. The molecule has 0 saturated carbocycles. The Labute approximate surface area is 132 Å². The van der Waals surface area contributed by atoms with Crippen LogP contribution in [0.25, 0.3) is 5.69 Å². The van der Waals surface area contributed by atoms with Crippen LogP contribution in [0.15, 0.2) is 54.7 Å². The molecule has 0 aliphatic carbocycles. The fourth-order valence-electron chi connectivity index (χ4n) is 2.14. The number of hydrogen-bond acceptors (Lipinski definition) is 3. The van der Waals surface area contributed by atoms with E-state index in [1.165, 1.54) is 0 Å². The molecule has 1 aromatic heterocycles. The predicted octanol–water partition coefficient (Wildman–Crippen LogP) is 3.62. The van der Waals surface area contributed by atoms with Crippen LogP contribution in [0.1, 0.15) is 17.3 Å². The molecule has 3 aromatic rings. The molecular formula is C15H12Cl2N4. The van der Waals surface area contributed by atoms with Crippen molar-refractivity contribution in [1.82, 2.24) is 15.0 Å². The Morgan fingerprint density at radius 1 is 1.05 bits per heavy atom. The van der Waals surface area contributed by atoms with Crippen LogP contribution in [-0.4, -0.2) is 15.0 Å². The zero-order valence-corrected chi connectivity index (χ0v) is 12.5. The zero-order valence-electron chi connectivity index (χ0n) is 10.9. The van der Waals surface area contributed by atoms with Crippen molar-refractivity contribution in [2.24, 2.45) is 5.73 Å². The summed E-state index contributed by atoms with van der Waals surface area (Å²) in [6.07, 6.45) is 1.64. The average molecular weight is 319 g/mol. The number of halogens is 2. The summed E-state index contributed by atoms with van der Waals surface area (Å²) in [7, 11) is 0. The Morgan fingerprint density at radius 3 is 2.52 bits per heavy atom. The average Bonchev–Trinajstić information content (AvgIpc) is 2.97. The first-order valence-electron chi connectivity index (χ1n) is 6.33. The summed E-state index contributed by atoms with van der Waals surface area (Å²) in [4.78, 5) is 0. The van der Waals surface area contributed by atoms with Gasteiger partial charge in [-0.3, -0.25) is 0 Å². The van der Waals surface area contributed by atoms with E-state index in [0.717, 1.165) is 16.9 Å². The van der Waals surface area contributed by atoms with E-state index >= 15 is 0 Å². The third-order valence-electron chi connectivity index (χ3n) is 3.19. The molecule has 21 heavy (non-hydrogen) atoms. The standard InChI is InChI=1S/C15H12Cl2N4/c16-10-6-7-12(13(17)8-10)15(18)14-9-19-20-21(14)11-4-2-1-3-5-11/h1-9,15H,18H2. The van der Waals surface area contributed by atoms with Crippen molar-refractivity contribution in [2.45, 2.75) is 6.04 Å². The molecule has 0 radical (unpaired) electrons. The zero-order chi connectivity index (χ0) is 14.8. The van der Waals surface area contributed by atoms with E-state index in [1.54, 1.807) is 23.0 Å². The van der Waals surface area contributed by atoms with Crippen LogP contribution >= 0.6 is 23.2 Å². The van der Waals surface area contributed by atoms with Gasteiger partial charge in [0.1, 0.15) is 0 Å². The first-order valence-corrected chi connectivity index (χ1v) is 7.09. The van der Waals surface area contributed by atoms with Crippen LogP contribution in [-0.2, 0) is 0 Å². The third-order valence-corrected chi connectivity index (χ3v) is 3.76. The molecule has 0 amide bonds. The Kier molecular flexibility index (Phi) is 3.92. The van der Waals surface area contributed by atoms with E-state index in [4.69, 9.17) is 28.9 Å². The molecule has 2 N–H and O–H groups in total. The summed E-state index contributed by atoms with van der Waals surface area (Å²) in [6.45, 7) is 0. The number of hydrogen-bond donors (Lipinski definition) is 1. The van der Waals surface area contributed by atoms with Crippen LogP contribution in [0.5, 0.6) is 0 Å². The van der Waals surface area contributed by atoms with Gasteiger partial charge in [-0.25, -0.2) is 4.68 Å². The number of rotatable bonds is 3. The van der Waals surface area contributed by atoms with Gasteiger partial charge >= 0.3 is 0 Å². The highest BCUT2D eigenvalue weighted by Gasteiger charge is 2.18. The van der Waals surface area contributed by atoms with Crippen LogP contribution in [0, 0.1) is 0 Å². The van der Waals surface area contributed by atoms with E-state index in [0.29, 0.717) is 10.0 Å². The number of aromatic nitrogens is 3. The normalized spacial score (nSPS) is 12.3. The van der Waals surface area contributed by atoms with Gasteiger partial charge in [-0.2, -0.15) is 0 Å². The van der Waals surface area contributed by atoms with Crippen molar-refractivity contribution in [3.8, 4) is 5.69 Å². The monoisotopic (exact) mass is 318 g/mol. The van der Waals surface area contributed by atoms with Crippen LogP contribution in [0.2, 0.25) is 10.0 Å². The molecule has 0 saturated heterocycles. The fraction of sp³-hybridized carbons (Fsp3) is 0.0667. The molecule has 3 rings (SSSR count). The molecule has 0 spiro atoms. The first-order chi connectivity index (χ1) is 10.2. The van der Waals surface area contributed by atoms with Gasteiger partial charge in [0.2, 0.25) is 0 Å². The highest BCUT2D eigenvalue weighted by molar-refractivity contribution is 6.35. The topological polar surface area (TPSA) is 56.7 Å². The number of nitrogens with zero attached hydrogens (tertiary/aromatic N) is 3. The van der Waals surface area contributed by atoms with Gasteiger partial charge in [0.15, 0.2) is 0 Å². The van der Waals surface area contributed by atoms with E-state index in [-0.39, 0.29) is 0 Å². The van der Waals surface area contributed by atoms with Crippen LogP contribution in [0.4, 0.5) is 0 Å². The minimum Gasteiger partial charge on any atom is -0.319 e. The lowest BCUT2D eigenvalue weighted by Crippen LogP contribution is -2.17. The van der Waals surface area contributed by atoms with Gasteiger partial charge in [0.25, 0.3) is 0 Å². The molecule has 0 bridgehead atoms. The maximum atomic E-state index is 6.32. The summed E-state index contributed by atoms with van der Waals surface area (Å²) in [5, 5.41) is 9.15. The summed E-state index contributed by atoms with van der Waals surface area (Å²) >= 11 is 12.1. The lowest BCUT2D eigenvalue weighted by atomic mass is 10.0. The van der Waals surface area contributed by atoms with E-state index in [9.17, 15) is 0 Å². The quantitative estimate of drug-likeness (QED) is 0.802. The van der Waals surface area contributed by atoms with Crippen molar-refractivity contribution in [3.63, 3.8) is 0 Å². The van der Waals surface area contributed by atoms with Crippen molar-refractivity contribution < 1.29 is 0 Å². The van der Waals surface area contributed by atoms with E-state index in [1.807, 2.05) is 36.4 Å². The number of para-hydroxylation sites is 1. The van der Waals surface area contributed by atoms with Crippen LogP contribution in [0.3, 0.4) is 0 Å². The van der Waals surface area contributed by atoms with Gasteiger partial charge in [-0.15, -0.1) is 5.10 Å². The number of benzene rings is 2. The van der Waals surface area contributed by atoms with Crippen molar-refractivity contribution in [1.29, 1.82) is 0 Å². The lowest BCUT2D eigenvalue weighted by Gasteiger charge is -2.15. The highest BCUT2D eigenvalue weighted by Crippen LogP contribution is 2.29. The number of nitrogens with two attached hydrogens (primary N) is 1. The maximum absolute atomic E-state index is 6.32. The van der Waals surface area contributed by atoms with Gasteiger partial charge in [-0.05, 0) is 29.8 Å². The maximum Gasteiger partial charge on any atom is 0.0858 e. The molecule has 4 nitrogen and oxygen atoms in total. The molecule has 0 aliphatic rings. The Bertz CT molecular complexity index is 755. The molecule has 0 aliphatic heterocycles. The summed E-state index contributed by atoms with van der Waals surface area (Å²) < 4.78 is 1.70. The van der Waals surface area contributed by atoms with E-state index in [2.05, 4.69) is 10.3 Å². The second-order valence-electron chi connectivity index (χ2n) is 4.55. The summed E-state index contributed by atoms with van der Waals surface area (Å²) in [5.74, 6) is 0. The smallest absolute Gasteiger partial charge is 0.0858 e. The molecule has 106 valence electrons.